The zero-order chi connectivity index (χ0) is 22.2. The van der Waals surface area contributed by atoms with Crippen molar-refractivity contribution in [3.8, 4) is 5.69 Å². The van der Waals surface area contributed by atoms with E-state index in [9.17, 15) is 9.59 Å². The van der Waals surface area contributed by atoms with E-state index in [4.69, 9.17) is 9.47 Å². The lowest BCUT2D eigenvalue weighted by molar-refractivity contribution is -0.221. The number of nitrogens with zero attached hydrogens (tertiary/aromatic N) is 2. The van der Waals surface area contributed by atoms with Gasteiger partial charge in [0.15, 0.2) is 5.70 Å². The Balaban J connectivity index is 1.60. The Kier molecular flexibility index (Phi) is 5.06. The van der Waals surface area contributed by atoms with Crippen molar-refractivity contribution in [3.63, 3.8) is 0 Å². The van der Waals surface area contributed by atoms with Crippen LogP contribution in [0.3, 0.4) is 0 Å². The van der Waals surface area contributed by atoms with Crippen LogP contribution in [0.1, 0.15) is 25.1 Å². The number of carbonyl (C=O) groups is 1. The Morgan fingerprint density at radius 3 is 2.10 bits per heavy atom. The van der Waals surface area contributed by atoms with Crippen molar-refractivity contribution in [2.75, 3.05) is 5.43 Å². The van der Waals surface area contributed by atoms with Gasteiger partial charge in [-0.3, -0.25) is 20.3 Å². The van der Waals surface area contributed by atoms with Gasteiger partial charge in [-0.25, -0.2) is 9.48 Å². The SMILES string of the molecule is CC1=C(NNc2c(C)n(C)n(-c3ccccc3)c2=O)C(=O)OC(C)(c2ccccc2)O1. The molecular weight excluding hydrogens is 396 g/mol. The van der Waals surface area contributed by atoms with Crippen molar-refractivity contribution in [2.24, 2.45) is 7.05 Å². The first-order valence-corrected chi connectivity index (χ1v) is 9.86. The highest BCUT2D eigenvalue weighted by Crippen LogP contribution is 2.34. The Morgan fingerprint density at radius 1 is 0.871 bits per heavy atom. The highest BCUT2D eigenvalue weighted by molar-refractivity contribution is 5.89. The Labute approximate surface area is 179 Å². The summed E-state index contributed by atoms with van der Waals surface area (Å²) in [6, 6.07) is 18.5. The molecule has 160 valence electrons. The number of ether oxygens (including phenoxy) is 2. The summed E-state index contributed by atoms with van der Waals surface area (Å²) >= 11 is 0. The summed E-state index contributed by atoms with van der Waals surface area (Å²) in [5.74, 6) is -1.46. The quantitative estimate of drug-likeness (QED) is 0.487. The van der Waals surface area contributed by atoms with Gasteiger partial charge in [-0.2, -0.15) is 0 Å². The molecule has 0 spiro atoms. The summed E-state index contributed by atoms with van der Waals surface area (Å²) in [6.45, 7) is 5.17. The molecule has 2 heterocycles. The van der Waals surface area contributed by atoms with E-state index in [1.165, 1.54) is 0 Å². The van der Waals surface area contributed by atoms with Gasteiger partial charge in [0, 0.05) is 19.5 Å². The lowest BCUT2D eigenvalue weighted by Crippen LogP contribution is -2.42. The lowest BCUT2D eigenvalue weighted by atomic mass is 10.1. The molecule has 0 saturated heterocycles. The minimum absolute atomic E-state index is 0.0994. The van der Waals surface area contributed by atoms with Crippen molar-refractivity contribution in [3.05, 3.63) is 93.7 Å². The molecule has 31 heavy (non-hydrogen) atoms. The van der Waals surface area contributed by atoms with E-state index >= 15 is 0 Å². The van der Waals surface area contributed by atoms with Gasteiger partial charge in [0.25, 0.3) is 11.3 Å². The van der Waals surface area contributed by atoms with E-state index in [-0.39, 0.29) is 11.3 Å². The van der Waals surface area contributed by atoms with Crippen LogP contribution in [0.25, 0.3) is 5.69 Å². The third kappa shape index (κ3) is 3.56. The minimum Gasteiger partial charge on any atom is -0.451 e. The van der Waals surface area contributed by atoms with Crippen molar-refractivity contribution >= 4 is 11.7 Å². The van der Waals surface area contributed by atoms with Crippen LogP contribution >= 0.6 is 0 Å². The van der Waals surface area contributed by atoms with Crippen LogP contribution in [-0.4, -0.2) is 15.3 Å². The van der Waals surface area contributed by atoms with E-state index in [0.29, 0.717) is 17.1 Å². The molecule has 1 aromatic heterocycles. The molecule has 8 heteroatoms. The smallest absolute Gasteiger partial charge is 0.363 e. The first-order valence-electron chi connectivity index (χ1n) is 9.86. The van der Waals surface area contributed by atoms with E-state index in [1.54, 1.807) is 30.3 Å². The molecule has 0 fully saturated rings. The third-order valence-corrected chi connectivity index (χ3v) is 5.36. The van der Waals surface area contributed by atoms with Crippen LogP contribution in [0.5, 0.6) is 0 Å². The van der Waals surface area contributed by atoms with Gasteiger partial charge in [0.2, 0.25) is 0 Å². The topological polar surface area (TPSA) is 86.5 Å². The minimum atomic E-state index is -1.23. The fraction of sp³-hybridized carbons (Fsp3) is 0.217. The molecule has 0 radical (unpaired) electrons. The van der Waals surface area contributed by atoms with E-state index in [0.717, 1.165) is 11.3 Å². The standard InChI is InChI=1S/C23H24N4O4/c1-15-19(21(28)27(26(15)4)18-13-9-6-10-14-18)24-25-20-16(2)30-23(3,31-22(20)29)17-11-7-5-8-12-17/h5-14,24-25H,1-4H3. The van der Waals surface area contributed by atoms with Crippen molar-refractivity contribution in [1.29, 1.82) is 0 Å². The number of cyclic esters (lactones) is 1. The number of nitrogens with one attached hydrogen (secondary N) is 2. The van der Waals surface area contributed by atoms with Gasteiger partial charge in [-0.05, 0) is 26.0 Å². The van der Waals surface area contributed by atoms with Crippen LogP contribution < -0.4 is 16.4 Å². The molecule has 1 aliphatic rings. The van der Waals surface area contributed by atoms with Crippen LogP contribution in [-0.2, 0) is 27.1 Å². The second-order valence-corrected chi connectivity index (χ2v) is 7.42. The number of hydrogen-bond donors (Lipinski definition) is 2. The molecule has 1 unspecified atom stereocenters. The molecule has 0 saturated carbocycles. The highest BCUT2D eigenvalue weighted by atomic mass is 16.7. The van der Waals surface area contributed by atoms with Gasteiger partial charge < -0.3 is 9.47 Å². The molecule has 2 N–H and O–H groups in total. The third-order valence-electron chi connectivity index (χ3n) is 5.36. The van der Waals surface area contributed by atoms with Crippen LogP contribution in [0.4, 0.5) is 5.69 Å². The average molecular weight is 420 g/mol. The monoisotopic (exact) mass is 420 g/mol. The Hall–Kier alpha value is -3.94. The number of para-hydroxylation sites is 1. The molecule has 8 nitrogen and oxygen atoms in total. The molecular formula is C23H24N4O4. The average Bonchev–Trinajstić information content (AvgIpc) is 2.97. The van der Waals surface area contributed by atoms with E-state index in [2.05, 4.69) is 10.9 Å². The maximum atomic E-state index is 13.0. The van der Waals surface area contributed by atoms with Gasteiger partial charge in [0.1, 0.15) is 11.4 Å². The summed E-state index contributed by atoms with van der Waals surface area (Å²) in [6.07, 6.45) is 0. The Morgan fingerprint density at radius 2 is 1.48 bits per heavy atom. The predicted molar refractivity (Wildman–Crippen MR) is 116 cm³/mol. The number of esters is 1. The van der Waals surface area contributed by atoms with Crippen LogP contribution in [0.2, 0.25) is 0 Å². The molecule has 0 bridgehead atoms. The van der Waals surface area contributed by atoms with Crippen molar-refractivity contribution in [2.45, 2.75) is 26.6 Å². The Bertz CT molecular complexity index is 1210. The first kappa shape index (κ1) is 20.3. The summed E-state index contributed by atoms with van der Waals surface area (Å²) < 4.78 is 14.8. The normalized spacial score (nSPS) is 18.4. The van der Waals surface area contributed by atoms with Gasteiger partial charge in [-0.15, -0.1) is 0 Å². The van der Waals surface area contributed by atoms with Crippen LogP contribution in [0, 0.1) is 6.92 Å². The largest absolute Gasteiger partial charge is 0.451 e. The number of benzene rings is 2. The molecule has 4 rings (SSSR count). The van der Waals surface area contributed by atoms with E-state index in [1.807, 2.05) is 67.6 Å². The number of aromatic nitrogens is 2. The molecule has 0 amide bonds. The number of rotatable bonds is 5. The summed E-state index contributed by atoms with van der Waals surface area (Å²) in [5, 5.41) is 0. The zero-order valence-electron chi connectivity index (χ0n) is 17.8. The summed E-state index contributed by atoms with van der Waals surface area (Å²) in [4.78, 5) is 25.7. The first-order chi connectivity index (χ1) is 14.8. The number of anilines is 1. The molecule has 1 aliphatic heterocycles. The van der Waals surface area contributed by atoms with Gasteiger partial charge in [-0.1, -0.05) is 48.5 Å². The summed E-state index contributed by atoms with van der Waals surface area (Å²) in [5.41, 5.74) is 7.98. The summed E-state index contributed by atoms with van der Waals surface area (Å²) in [7, 11) is 1.79. The number of hydrogen-bond acceptors (Lipinski definition) is 6. The van der Waals surface area contributed by atoms with Gasteiger partial charge in [0.05, 0.1) is 11.4 Å². The fourth-order valence-corrected chi connectivity index (χ4v) is 3.57. The number of allylic oxidation sites excluding steroid dienone is 1. The molecule has 2 aromatic carbocycles. The number of carbonyl (C=O) groups excluding carboxylic acids is 1. The second-order valence-electron chi connectivity index (χ2n) is 7.42. The lowest BCUT2D eigenvalue weighted by Gasteiger charge is -2.35. The molecule has 0 aliphatic carbocycles. The van der Waals surface area contributed by atoms with E-state index < -0.39 is 11.8 Å². The molecule has 3 aromatic rings. The fourth-order valence-electron chi connectivity index (χ4n) is 3.57. The van der Waals surface area contributed by atoms with Crippen molar-refractivity contribution in [1.82, 2.24) is 14.8 Å². The van der Waals surface area contributed by atoms with Crippen molar-refractivity contribution < 1.29 is 14.3 Å². The predicted octanol–water partition coefficient (Wildman–Crippen LogP) is 3.08. The van der Waals surface area contributed by atoms with Crippen LogP contribution in [0.15, 0.2) is 76.9 Å². The van der Waals surface area contributed by atoms with Gasteiger partial charge >= 0.3 is 5.97 Å². The molecule has 1 atom stereocenters. The number of hydrazine groups is 1. The zero-order valence-corrected chi connectivity index (χ0v) is 17.8. The second kappa shape index (κ2) is 7.71. The highest BCUT2D eigenvalue weighted by Gasteiger charge is 2.40. The maximum absolute atomic E-state index is 13.0. The maximum Gasteiger partial charge on any atom is 0.363 e.